The highest BCUT2D eigenvalue weighted by Gasteiger charge is 2.36. The van der Waals surface area contributed by atoms with Crippen LogP contribution in [0.3, 0.4) is 0 Å². The van der Waals surface area contributed by atoms with Crippen LogP contribution in [0.2, 0.25) is 0 Å². The molecule has 4 heteroatoms. The van der Waals surface area contributed by atoms with Crippen molar-refractivity contribution >= 4 is 0 Å². The molecular weight excluding hydrogens is 224 g/mol. The zero-order valence-electron chi connectivity index (χ0n) is 9.51. The Morgan fingerprint density at radius 1 is 1.35 bits per heavy atom. The zero-order valence-corrected chi connectivity index (χ0v) is 9.51. The van der Waals surface area contributed by atoms with E-state index in [4.69, 9.17) is 4.74 Å². The second-order valence-electron chi connectivity index (χ2n) is 4.88. The van der Waals surface area contributed by atoms with Crippen LogP contribution in [-0.4, -0.2) is 13.2 Å². The van der Waals surface area contributed by atoms with Gasteiger partial charge in [-0.3, -0.25) is 0 Å². The van der Waals surface area contributed by atoms with Crippen LogP contribution >= 0.6 is 0 Å². The maximum atomic E-state index is 13.7. The smallest absolute Gasteiger partial charge is 0.285 e. The minimum absolute atomic E-state index is 0.115. The standard InChI is InChI=1S/C13H15F2NO/c14-13(15)8-16-6-10-3-4-11(5-12(10)13)17-7-9-1-2-9/h3-5,9,16H,1-2,6-8H2. The van der Waals surface area contributed by atoms with Gasteiger partial charge in [-0.25, -0.2) is 0 Å². The van der Waals surface area contributed by atoms with Crippen molar-refractivity contribution in [2.75, 3.05) is 13.2 Å². The van der Waals surface area contributed by atoms with Crippen molar-refractivity contribution < 1.29 is 13.5 Å². The lowest BCUT2D eigenvalue weighted by Gasteiger charge is -2.26. The highest BCUT2D eigenvalue weighted by molar-refractivity contribution is 5.40. The van der Waals surface area contributed by atoms with Gasteiger partial charge in [-0.15, -0.1) is 0 Å². The lowest BCUT2D eigenvalue weighted by molar-refractivity contribution is -0.0110. The zero-order chi connectivity index (χ0) is 11.9. The number of benzene rings is 1. The molecular formula is C13H15F2NO. The summed E-state index contributed by atoms with van der Waals surface area (Å²) in [6.45, 7) is 0.877. The van der Waals surface area contributed by atoms with Crippen LogP contribution in [0.1, 0.15) is 24.0 Å². The van der Waals surface area contributed by atoms with E-state index in [1.807, 2.05) is 0 Å². The van der Waals surface area contributed by atoms with Crippen molar-refractivity contribution in [1.82, 2.24) is 5.32 Å². The average molecular weight is 239 g/mol. The molecule has 0 bridgehead atoms. The molecule has 1 aromatic carbocycles. The van der Waals surface area contributed by atoms with E-state index in [9.17, 15) is 8.78 Å². The molecule has 1 aromatic rings. The molecule has 1 heterocycles. The van der Waals surface area contributed by atoms with Crippen LogP contribution in [0.25, 0.3) is 0 Å². The molecule has 1 N–H and O–H groups in total. The van der Waals surface area contributed by atoms with Crippen LogP contribution in [-0.2, 0) is 12.5 Å². The number of rotatable bonds is 3. The highest BCUT2D eigenvalue weighted by Crippen LogP contribution is 2.36. The van der Waals surface area contributed by atoms with Crippen molar-refractivity contribution in [3.63, 3.8) is 0 Å². The SMILES string of the molecule is FC1(F)CNCc2ccc(OCC3CC3)cc21. The maximum absolute atomic E-state index is 13.7. The van der Waals surface area contributed by atoms with Crippen LogP contribution in [0, 0.1) is 5.92 Å². The fraction of sp³-hybridized carbons (Fsp3) is 0.538. The molecule has 0 amide bonds. The Hall–Kier alpha value is -1.16. The fourth-order valence-electron chi connectivity index (χ4n) is 2.09. The number of fused-ring (bicyclic) bond motifs is 1. The summed E-state index contributed by atoms with van der Waals surface area (Å²) < 4.78 is 32.9. The van der Waals surface area contributed by atoms with Gasteiger partial charge in [0.15, 0.2) is 0 Å². The molecule has 0 saturated heterocycles. The van der Waals surface area contributed by atoms with Gasteiger partial charge in [0.25, 0.3) is 5.92 Å². The summed E-state index contributed by atoms with van der Waals surface area (Å²) in [4.78, 5) is 0. The molecule has 1 fully saturated rings. The molecule has 0 spiro atoms. The van der Waals surface area contributed by atoms with Gasteiger partial charge < -0.3 is 10.1 Å². The first-order valence-electron chi connectivity index (χ1n) is 6.00. The number of alkyl halides is 2. The highest BCUT2D eigenvalue weighted by atomic mass is 19.3. The Bertz CT molecular complexity index is 429. The monoisotopic (exact) mass is 239 g/mol. The van der Waals surface area contributed by atoms with Crippen molar-refractivity contribution in [1.29, 1.82) is 0 Å². The van der Waals surface area contributed by atoms with Crippen LogP contribution < -0.4 is 10.1 Å². The second kappa shape index (κ2) is 3.95. The van der Waals surface area contributed by atoms with Gasteiger partial charge in [0, 0.05) is 12.1 Å². The number of hydrogen-bond donors (Lipinski definition) is 1. The number of ether oxygens (including phenoxy) is 1. The van der Waals surface area contributed by atoms with Gasteiger partial charge in [-0.1, -0.05) is 6.07 Å². The lowest BCUT2D eigenvalue weighted by atomic mass is 9.97. The molecule has 17 heavy (non-hydrogen) atoms. The molecule has 0 atom stereocenters. The van der Waals surface area contributed by atoms with E-state index in [1.54, 1.807) is 12.1 Å². The number of hydrogen-bond acceptors (Lipinski definition) is 2. The Morgan fingerprint density at radius 2 is 2.18 bits per heavy atom. The minimum atomic E-state index is -2.79. The summed E-state index contributed by atoms with van der Waals surface area (Å²) in [5, 5.41) is 2.72. The van der Waals surface area contributed by atoms with Gasteiger partial charge >= 0.3 is 0 Å². The number of halogens is 2. The quantitative estimate of drug-likeness (QED) is 0.875. The van der Waals surface area contributed by atoms with E-state index in [0.29, 0.717) is 30.4 Å². The molecule has 0 unspecified atom stereocenters. The molecule has 1 aliphatic carbocycles. The maximum Gasteiger partial charge on any atom is 0.285 e. The van der Waals surface area contributed by atoms with Gasteiger partial charge in [0.05, 0.1) is 13.2 Å². The van der Waals surface area contributed by atoms with E-state index in [2.05, 4.69) is 5.32 Å². The van der Waals surface area contributed by atoms with Crippen LogP contribution in [0.4, 0.5) is 8.78 Å². The normalized spacial score (nSPS) is 22.0. The Morgan fingerprint density at radius 3 is 2.94 bits per heavy atom. The Balaban J connectivity index is 1.82. The third-order valence-electron chi connectivity index (χ3n) is 3.32. The summed E-state index contributed by atoms with van der Waals surface area (Å²) in [6, 6.07) is 5.01. The Kier molecular flexibility index (Phi) is 2.54. The van der Waals surface area contributed by atoms with Gasteiger partial charge in [-0.2, -0.15) is 8.78 Å². The summed E-state index contributed by atoms with van der Waals surface area (Å²) in [6.07, 6.45) is 2.40. The average Bonchev–Trinajstić information content (AvgIpc) is 3.10. The first-order chi connectivity index (χ1) is 8.15. The number of nitrogens with one attached hydrogen (secondary N) is 1. The first-order valence-corrected chi connectivity index (χ1v) is 6.00. The molecule has 3 rings (SSSR count). The largest absolute Gasteiger partial charge is 0.493 e. The summed E-state index contributed by atoms with van der Waals surface area (Å²) in [7, 11) is 0. The topological polar surface area (TPSA) is 21.3 Å². The summed E-state index contributed by atoms with van der Waals surface area (Å²) in [5.74, 6) is -1.59. The predicted molar refractivity (Wildman–Crippen MR) is 60.3 cm³/mol. The van der Waals surface area contributed by atoms with Crippen molar-refractivity contribution in [3.8, 4) is 5.75 Å². The van der Waals surface area contributed by atoms with E-state index < -0.39 is 5.92 Å². The second-order valence-corrected chi connectivity index (χ2v) is 4.88. The third kappa shape index (κ3) is 2.27. The van der Waals surface area contributed by atoms with E-state index in [1.165, 1.54) is 18.9 Å². The molecule has 92 valence electrons. The van der Waals surface area contributed by atoms with Gasteiger partial charge in [-0.05, 0) is 36.5 Å². The molecule has 0 radical (unpaired) electrons. The summed E-state index contributed by atoms with van der Waals surface area (Å²) in [5.41, 5.74) is 0.782. The lowest BCUT2D eigenvalue weighted by Crippen LogP contribution is -2.36. The van der Waals surface area contributed by atoms with E-state index in [-0.39, 0.29) is 12.1 Å². The van der Waals surface area contributed by atoms with Crippen molar-refractivity contribution in [2.45, 2.75) is 25.3 Å². The van der Waals surface area contributed by atoms with Crippen LogP contribution in [0.5, 0.6) is 5.75 Å². The van der Waals surface area contributed by atoms with E-state index in [0.717, 1.165) is 0 Å². The molecule has 1 saturated carbocycles. The van der Waals surface area contributed by atoms with Gasteiger partial charge in [0.2, 0.25) is 0 Å². The molecule has 0 aromatic heterocycles. The van der Waals surface area contributed by atoms with Gasteiger partial charge in [0.1, 0.15) is 5.75 Å². The van der Waals surface area contributed by atoms with E-state index >= 15 is 0 Å². The summed E-state index contributed by atoms with van der Waals surface area (Å²) >= 11 is 0. The molecule has 1 aliphatic heterocycles. The predicted octanol–water partition coefficient (Wildman–Crippen LogP) is 2.67. The minimum Gasteiger partial charge on any atom is -0.493 e. The fourth-order valence-corrected chi connectivity index (χ4v) is 2.09. The van der Waals surface area contributed by atoms with Crippen molar-refractivity contribution in [2.24, 2.45) is 5.92 Å². The third-order valence-corrected chi connectivity index (χ3v) is 3.32. The van der Waals surface area contributed by atoms with Crippen LogP contribution in [0.15, 0.2) is 18.2 Å². The van der Waals surface area contributed by atoms with Crippen molar-refractivity contribution in [3.05, 3.63) is 29.3 Å². The molecule has 2 nitrogen and oxygen atoms in total. The first kappa shape index (κ1) is 11.0. The molecule has 2 aliphatic rings. The Labute approximate surface area is 99.0 Å².